The lowest BCUT2D eigenvalue weighted by Crippen LogP contribution is -2.29. The quantitative estimate of drug-likeness (QED) is 0.244. The van der Waals surface area contributed by atoms with E-state index in [0.717, 1.165) is 4.83 Å². The van der Waals surface area contributed by atoms with Crippen LogP contribution in [-0.2, 0) is 10.3 Å². The van der Waals surface area contributed by atoms with E-state index in [2.05, 4.69) is 5.84 Å². The van der Waals surface area contributed by atoms with Crippen LogP contribution in [0.2, 0.25) is 0 Å². The fraction of sp³-hybridized carbons (Fsp3) is 0. The number of hydrogen-bond donors (Lipinski definition) is 3. The van der Waals surface area contributed by atoms with Gasteiger partial charge in [-0.05, 0) is 0 Å². The summed E-state index contributed by atoms with van der Waals surface area (Å²) < 4.78 is 26.2. The van der Waals surface area contributed by atoms with Gasteiger partial charge in [0.15, 0.2) is 0 Å². The SMILES string of the molecule is Cl.NNS(=O)(=O)O. The third-order valence-electron chi connectivity index (χ3n) is 0.149. The van der Waals surface area contributed by atoms with Crippen LogP contribution in [0.4, 0.5) is 0 Å². The summed E-state index contributed by atoms with van der Waals surface area (Å²) in [5, 5.41) is 0. The van der Waals surface area contributed by atoms with Crippen molar-refractivity contribution in [1.29, 1.82) is 0 Å². The Bertz CT molecular complexity index is 115. The van der Waals surface area contributed by atoms with Crippen molar-refractivity contribution in [2.24, 2.45) is 5.84 Å². The van der Waals surface area contributed by atoms with Crippen LogP contribution < -0.4 is 10.7 Å². The molecule has 46 valence electrons. The van der Waals surface area contributed by atoms with Gasteiger partial charge in [-0.15, -0.1) is 17.2 Å². The van der Waals surface area contributed by atoms with Crippen molar-refractivity contribution in [2.75, 3.05) is 0 Å². The maximum absolute atomic E-state index is 9.32. The van der Waals surface area contributed by atoms with E-state index in [-0.39, 0.29) is 12.4 Å². The Labute approximate surface area is 47.2 Å². The van der Waals surface area contributed by atoms with Gasteiger partial charge in [0.25, 0.3) is 0 Å². The first-order valence-corrected chi connectivity index (χ1v) is 2.45. The third-order valence-corrected chi connectivity index (χ3v) is 0.447. The fourth-order valence-electron chi connectivity index (χ4n) is 0. The highest BCUT2D eigenvalue weighted by molar-refractivity contribution is 7.83. The molecule has 0 atom stereocenters. The van der Waals surface area contributed by atoms with E-state index in [9.17, 15) is 8.42 Å². The van der Waals surface area contributed by atoms with Gasteiger partial charge in [-0.25, -0.2) is 0 Å². The summed E-state index contributed by atoms with van der Waals surface area (Å²) in [6.45, 7) is 0. The number of hydrazine groups is 1. The molecule has 0 spiro atoms. The van der Waals surface area contributed by atoms with Crippen LogP contribution in [0.1, 0.15) is 0 Å². The first kappa shape index (κ1) is 10.2. The molecule has 5 nitrogen and oxygen atoms in total. The summed E-state index contributed by atoms with van der Waals surface area (Å²) in [5.41, 5.74) is 0. The highest BCUT2D eigenvalue weighted by atomic mass is 35.5. The monoisotopic (exact) mass is 148 g/mol. The van der Waals surface area contributed by atoms with Crippen LogP contribution in [0.25, 0.3) is 0 Å². The summed E-state index contributed by atoms with van der Waals surface area (Å²) in [4.78, 5) is 1.13. The molecule has 0 saturated carbocycles. The second kappa shape index (κ2) is 3.16. The van der Waals surface area contributed by atoms with Crippen molar-refractivity contribution < 1.29 is 13.0 Å². The maximum atomic E-state index is 9.32. The Morgan fingerprint density at radius 1 is 1.57 bits per heavy atom. The summed E-state index contributed by atoms with van der Waals surface area (Å²) in [7, 11) is -4.13. The molecule has 0 aliphatic heterocycles. The van der Waals surface area contributed by atoms with Crippen molar-refractivity contribution >= 4 is 22.7 Å². The average Bonchev–Trinajstić information content (AvgIpc) is 1.35. The lowest BCUT2D eigenvalue weighted by Gasteiger charge is -1.83. The Kier molecular flexibility index (Phi) is 4.60. The summed E-state index contributed by atoms with van der Waals surface area (Å²) >= 11 is 0. The van der Waals surface area contributed by atoms with Gasteiger partial charge in [-0.3, -0.25) is 10.4 Å². The average molecular weight is 149 g/mol. The Hall–Kier alpha value is 0.120. The molecule has 0 heterocycles. The molecular formula is H5ClN2O3S. The van der Waals surface area contributed by atoms with Crippen LogP contribution in [0, 0.1) is 0 Å². The van der Waals surface area contributed by atoms with E-state index in [1.807, 2.05) is 0 Å². The summed E-state index contributed by atoms with van der Waals surface area (Å²) in [6.07, 6.45) is 0. The van der Waals surface area contributed by atoms with E-state index in [4.69, 9.17) is 4.55 Å². The minimum atomic E-state index is -4.13. The molecule has 0 aliphatic carbocycles. The van der Waals surface area contributed by atoms with E-state index in [0.29, 0.717) is 0 Å². The Morgan fingerprint density at radius 2 is 1.71 bits per heavy atom. The topological polar surface area (TPSA) is 92.4 Å². The molecule has 7 heavy (non-hydrogen) atoms. The van der Waals surface area contributed by atoms with E-state index < -0.39 is 10.3 Å². The van der Waals surface area contributed by atoms with E-state index >= 15 is 0 Å². The zero-order chi connectivity index (χ0) is 5.21. The van der Waals surface area contributed by atoms with Crippen molar-refractivity contribution in [3.63, 3.8) is 0 Å². The minimum Gasteiger partial charge on any atom is -0.273 e. The number of nitrogens with one attached hydrogen (secondary N) is 1. The first-order valence-electron chi connectivity index (χ1n) is 1.01. The van der Waals surface area contributed by atoms with Gasteiger partial charge >= 0.3 is 10.3 Å². The van der Waals surface area contributed by atoms with Crippen molar-refractivity contribution in [1.82, 2.24) is 4.83 Å². The highest BCUT2D eigenvalue weighted by Gasteiger charge is 1.91. The fourth-order valence-corrected chi connectivity index (χ4v) is 0. The molecule has 0 aromatic rings. The number of rotatable bonds is 1. The molecule has 0 unspecified atom stereocenters. The maximum Gasteiger partial charge on any atom is 0.346 e. The van der Waals surface area contributed by atoms with Crippen molar-refractivity contribution in [3.05, 3.63) is 0 Å². The lowest BCUT2D eigenvalue weighted by molar-refractivity contribution is 0.469. The Morgan fingerprint density at radius 3 is 1.71 bits per heavy atom. The number of nitrogens with two attached hydrogens (primary N) is 1. The largest absolute Gasteiger partial charge is 0.346 e. The molecule has 0 aliphatic rings. The van der Waals surface area contributed by atoms with Gasteiger partial charge in [0.05, 0.1) is 0 Å². The molecule has 0 aromatic carbocycles. The van der Waals surface area contributed by atoms with Crippen LogP contribution >= 0.6 is 12.4 Å². The zero-order valence-corrected chi connectivity index (χ0v) is 4.79. The van der Waals surface area contributed by atoms with Crippen molar-refractivity contribution in [3.8, 4) is 0 Å². The predicted molar refractivity (Wildman–Crippen MR) is 26.1 cm³/mol. The van der Waals surface area contributed by atoms with Gasteiger partial charge < -0.3 is 0 Å². The van der Waals surface area contributed by atoms with Crippen molar-refractivity contribution in [2.45, 2.75) is 0 Å². The first-order chi connectivity index (χ1) is 2.56. The van der Waals surface area contributed by atoms with Crippen LogP contribution in [0.5, 0.6) is 0 Å². The van der Waals surface area contributed by atoms with Crippen LogP contribution in [0.3, 0.4) is 0 Å². The molecule has 0 amide bonds. The van der Waals surface area contributed by atoms with E-state index in [1.165, 1.54) is 0 Å². The molecule has 0 bridgehead atoms. The molecule has 7 heteroatoms. The molecule has 0 rings (SSSR count). The minimum absolute atomic E-state index is 0. The van der Waals surface area contributed by atoms with E-state index in [1.54, 1.807) is 0 Å². The second-order valence-corrected chi connectivity index (χ2v) is 1.78. The predicted octanol–water partition coefficient (Wildman–Crippen LogP) is -1.33. The normalized spacial score (nSPS) is 10.0. The molecule has 4 N–H and O–H groups in total. The number of halogens is 1. The summed E-state index contributed by atoms with van der Waals surface area (Å²) in [5.74, 6) is 4.22. The number of hydrogen-bond acceptors (Lipinski definition) is 3. The summed E-state index contributed by atoms with van der Waals surface area (Å²) in [6, 6.07) is 0. The molecular weight excluding hydrogens is 144 g/mol. The van der Waals surface area contributed by atoms with Crippen LogP contribution in [0.15, 0.2) is 0 Å². The second-order valence-electron chi connectivity index (χ2n) is 0.593. The van der Waals surface area contributed by atoms with Gasteiger partial charge in [0.1, 0.15) is 0 Å². The van der Waals surface area contributed by atoms with Crippen LogP contribution in [-0.4, -0.2) is 13.0 Å². The molecule has 0 aromatic heterocycles. The molecule has 0 saturated heterocycles. The highest BCUT2D eigenvalue weighted by Crippen LogP contribution is 1.58. The molecule has 0 radical (unpaired) electrons. The zero-order valence-electron chi connectivity index (χ0n) is 3.16. The standard InChI is InChI=1S/ClH.H4N2O3S/c;1-2-6(3,4)5/h1H;2H,1H2,(H,3,4,5). The van der Waals surface area contributed by atoms with Gasteiger partial charge in [-0.2, -0.15) is 8.42 Å². The van der Waals surface area contributed by atoms with Gasteiger partial charge in [0, 0.05) is 0 Å². The lowest BCUT2D eigenvalue weighted by atomic mass is 13.0. The van der Waals surface area contributed by atoms with Gasteiger partial charge in [0.2, 0.25) is 0 Å². The Balaban J connectivity index is 0. The van der Waals surface area contributed by atoms with Gasteiger partial charge in [-0.1, -0.05) is 0 Å². The molecule has 0 fully saturated rings. The third kappa shape index (κ3) is 10.7. The smallest absolute Gasteiger partial charge is 0.273 e.